The second kappa shape index (κ2) is 4.35. The van der Waals surface area contributed by atoms with Gasteiger partial charge in [0.25, 0.3) is 0 Å². The maximum absolute atomic E-state index is 4.40. The predicted octanol–water partition coefficient (Wildman–Crippen LogP) is 2.40. The molecule has 0 fully saturated rings. The zero-order valence-electron chi connectivity index (χ0n) is 9.81. The average molecular weight is 216 g/mol. The molecule has 0 bridgehead atoms. The van der Waals surface area contributed by atoms with E-state index in [0.29, 0.717) is 6.04 Å². The van der Waals surface area contributed by atoms with Crippen molar-refractivity contribution in [1.29, 1.82) is 0 Å². The molecule has 2 rings (SSSR count). The standard InChI is InChI=1S/C12H16N4/c1-9(2)15-11-4-5-12(14-8-11)16-7-6-13-10(16)3/h4-9,15H,1-3H3. The van der Waals surface area contributed by atoms with E-state index in [9.17, 15) is 0 Å². The summed E-state index contributed by atoms with van der Waals surface area (Å²) in [5, 5.41) is 3.30. The number of nitrogens with one attached hydrogen (secondary N) is 1. The third-order valence-corrected chi connectivity index (χ3v) is 2.28. The molecule has 0 aliphatic heterocycles. The second-order valence-electron chi connectivity index (χ2n) is 4.05. The van der Waals surface area contributed by atoms with Crippen LogP contribution >= 0.6 is 0 Å². The Bertz CT molecular complexity index is 456. The number of imidazole rings is 1. The van der Waals surface area contributed by atoms with Crippen molar-refractivity contribution < 1.29 is 0 Å². The number of aryl methyl sites for hydroxylation is 1. The lowest BCUT2D eigenvalue weighted by Crippen LogP contribution is -2.10. The van der Waals surface area contributed by atoms with Gasteiger partial charge in [0.2, 0.25) is 0 Å². The molecule has 0 aromatic carbocycles. The summed E-state index contributed by atoms with van der Waals surface area (Å²) in [4.78, 5) is 8.57. The highest BCUT2D eigenvalue weighted by atomic mass is 15.1. The van der Waals surface area contributed by atoms with Gasteiger partial charge in [-0.15, -0.1) is 0 Å². The summed E-state index contributed by atoms with van der Waals surface area (Å²) in [6, 6.07) is 4.43. The van der Waals surface area contributed by atoms with Gasteiger partial charge in [0.1, 0.15) is 11.6 Å². The summed E-state index contributed by atoms with van der Waals surface area (Å²) in [7, 11) is 0. The first kappa shape index (κ1) is 10.7. The number of hydrogen-bond acceptors (Lipinski definition) is 3. The van der Waals surface area contributed by atoms with Crippen molar-refractivity contribution in [3.05, 3.63) is 36.5 Å². The summed E-state index contributed by atoms with van der Waals surface area (Å²) < 4.78 is 1.96. The van der Waals surface area contributed by atoms with Crippen molar-refractivity contribution in [3.63, 3.8) is 0 Å². The van der Waals surface area contributed by atoms with Crippen molar-refractivity contribution >= 4 is 5.69 Å². The number of pyridine rings is 1. The molecule has 0 amide bonds. The Morgan fingerprint density at radius 1 is 1.25 bits per heavy atom. The molecule has 0 aliphatic rings. The van der Waals surface area contributed by atoms with Gasteiger partial charge in [-0.2, -0.15) is 0 Å². The fourth-order valence-corrected chi connectivity index (χ4v) is 1.57. The first-order chi connectivity index (χ1) is 7.66. The minimum atomic E-state index is 0.419. The molecule has 4 heteroatoms. The van der Waals surface area contributed by atoms with E-state index in [-0.39, 0.29) is 0 Å². The number of aromatic nitrogens is 3. The SMILES string of the molecule is Cc1nccn1-c1ccc(NC(C)C)cn1. The molecule has 84 valence electrons. The second-order valence-corrected chi connectivity index (χ2v) is 4.05. The molecule has 4 nitrogen and oxygen atoms in total. The van der Waals surface area contributed by atoms with Crippen LogP contribution in [0.2, 0.25) is 0 Å². The zero-order chi connectivity index (χ0) is 11.5. The van der Waals surface area contributed by atoms with Crippen LogP contribution in [-0.2, 0) is 0 Å². The third kappa shape index (κ3) is 2.21. The van der Waals surface area contributed by atoms with Gasteiger partial charge in [0.15, 0.2) is 0 Å². The maximum Gasteiger partial charge on any atom is 0.138 e. The van der Waals surface area contributed by atoms with Crippen molar-refractivity contribution in [2.75, 3.05) is 5.32 Å². The average Bonchev–Trinajstić information content (AvgIpc) is 2.65. The number of hydrogen-bond donors (Lipinski definition) is 1. The van der Waals surface area contributed by atoms with E-state index in [1.54, 1.807) is 6.20 Å². The lowest BCUT2D eigenvalue weighted by molar-refractivity contribution is 0.892. The molecule has 0 radical (unpaired) electrons. The predicted molar refractivity (Wildman–Crippen MR) is 64.9 cm³/mol. The lowest BCUT2D eigenvalue weighted by Gasteiger charge is -2.10. The third-order valence-electron chi connectivity index (χ3n) is 2.28. The van der Waals surface area contributed by atoms with Crippen LogP contribution in [0.15, 0.2) is 30.7 Å². The zero-order valence-corrected chi connectivity index (χ0v) is 9.81. The summed E-state index contributed by atoms with van der Waals surface area (Å²) in [5.74, 6) is 1.83. The van der Waals surface area contributed by atoms with Crippen molar-refractivity contribution in [3.8, 4) is 5.82 Å². The summed E-state index contributed by atoms with van der Waals surface area (Å²) >= 11 is 0. The minimum Gasteiger partial charge on any atom is -0.382 e. The molecule has 2 heterocycles. The van der Waals surface area contributed by atoms with Crippen LogP contribution in [0, 0.1) is 6.92 Å². The smallest absolute Gasteiger partial charge is 0.138 e. The van der Waals surface area contributed by atoms with E-state index < -0.39 is 0 Å². The first-order valence-corrected chi connectivity index (χ1v) is 5.40. The first-order valence-electron chi connectivity index (χ1n) is 5.40. The van der Waals surface area contributed by atoms with E-state index in [0.717, 1.165) is 17.3 Å². The number of anilines is 1. The van der Waals surface area contributed by atoms with Gasteiger partial charge >= 0.3 is 0 Å². The molecule has 0 spiro atoms. The van der Waals surface area contributed by atoms with Crippen molar-refractivity contribution in [2.45, 2.75) is 26.8 Å². The molecule has 0 unspecified atom stereocenters. The van der Waals surface area contributed by atoms with Gasteiger partial charge in [0.05, 0.1) is 11.9 Å². The topological polar surface area (TPSA) is 42.7 Å². The van der Waals surface area contributed by atoms with Crippen LogP contribution in [0.1, 0.15) is 19.7 Å². The van der Waals surface area contributed by atoms with Crippen LogP contribution in [-0.4, -0.2) is 20.6 Å². The molecule has 2 aromatic rings. The van der Waals surface area contributed by atoms with Gasteiger partial charge in [-0.25, -0.2) is 9.97 Å². The Morgan fingerprint density at radius 2 is 2.06 bits per heavy atom. The summed E-state index contributed by atoms with van der Waals surface area (Å²) in [5.41, 5.74) is 1.04. The van der Waals surface area contributed by atoms with Gasteiger partial charge in [0, 0.05) is 18.4 Å². The number of rotatable bonds is 3. The highest BCUT2D eigenvalue weighted by molar-refractivity contribution is 5.44. The minimum absolute atomic E-state index is 0.419. The molecular weight excluding hydrogens is 200 g/mol. The Hall–Kier alpha value is -1.84. The Kier molecular flexibility index (Phi) is 2.90. The maximum atomic E-state index is 4.40. The fraction of sp³-hybridized carbons (Fsp3) is 0.333. The molecule has 0 saturated heterocycles. The highest BCUT2D eigenvalue weighted by Gasteiger charge is 2.01. The largest absolute Gasteiger partial charge is 0.382 e. The van der Waals surface area contributed by atoms with Crippen molar-refractivity contribution in [1.82, 2.24) is 14.5 Å². The molecule has 16 heavy (non-hydrogen) atoms. The van der Waals surface area contributed by atoms with Crippen molar-refractivity contribution in [2.24, 2.45) is 0 Å². The van der Waals surface area contributed by atoms with Crippen LogP contribution < -0.4 is 5.32 Å². The molecule has 0 aliphatic carbocycles. The van der Waals surface area contributed by atoms with E-state index in [1.165, 1.54) is 0 Å². The molecule has 2 aromatic heterocycles. The Morgan fingerprint density at radius 3 is 2.56 bits per heavy atom. The van der Waals surface area contributed by atoms with Gasteiger partial charge in [-0.1, -0.05) is 0 Å². The molecule has 0 atom stereocenters. The van der Waals surface area contributed by atoms with E-state index in [1.807, 2.05) is 36.0 Å². The molecular formula is C12H16N4. The summed E-state index contributed by atoms with van der Waals surface area (Å²) in [6.07, 6.45) is 5.53. The molecule has 1 N–H and O–H groups in total. The quantitative estimate of drug-likeness (QED) is 0.856. The van der Waals surface area contributed by atoms with Crippen LogP contribution in [0.25, 0.3) is 5.82 Å². The normalized spacial score (nSPS) is 10.8. The van der Waals surface area contributed by atoms with Crippen LogP contribution in [0.4, 0.5) is 5.69 Å². The monoisotopic (exact) mass is 216 g/mol. The van der Waals surface area contributed by atoms with E-state index in [4.69, 9.17) is 0 Å². The van der Waals surface area contributed by atoms with Crippen LogP contribution in [0.5, 0.6) is 0 Å². The van der Waals surface area contributed by atoms with Gasteiger partial charge in [-0.3, -0.25) is 4.57 Å². The van der Waals surface area contributed by atoms with Crippen LogP contribution in [0.3, 0.4) is 0 Å². The lowest BCUT2D eigenvalue weighted by atomic mass is 10.3. The molecule has 0 saturated carbocycles. The van der Waals surface area contributed by atoms with E-state index in [2.05, 4.69) is 29.1 Å². The van der Waals surface area contributed by atoms with E-state index >= 15 is 0 Å². The van der Waals surface area contributed by atoms with Gasteiger partial charge < -0.3 is 5.32 Å². The summed E-state index contributed by atoms with van der Waals surface area (Å²) in [6.45, 7) is 6.17. The highest BCUT2D eigenvalue weighted by Crippen LogP contribution is 2.11. The Labute approximate surface area is 95.4 Å². The Balaban J connectivity index is 2.23. The fourth-order valence-electron chi connectivity index (χ4n) is 1.57. The number of nitrogens with zero attached hydrogens (tertiary/aromatic N) is 3. The van der Waals surface area contributed by atoms with Gasteiger partial charge in [-0.05, 0) is 32.9 Å².